The number of nitrogen functional groups attached to an aromatic ring is 1. The van der Waals surface area contributed by atoms with Crippen molar-refractivity contribution in [2.75, 3.05) is 35.6 Å². The molecule has 3 aromatic rings. The number of para-hydroxylation sites is 2. The number of piperazine rings is 1. The van der Waals surface area contributed by atoms with Gasteiger partial charge in [-0.05, 0) is 48.9 Å². The smallest absolute Gasteiger partial charge is 0.410 e. The van der Waals surface area contributed by atoms with Gasteiger partial charge < -0.3 is 25.6 Å². The fourth-order valence-electron chi connectivity index (χ4n) is 3.89. The van der Waals surface area contributed by atoms with Gasteiger partial charge >= 0.3 is 6.09 Å². The van der Waals surface area contributed by atoms with Crippen LogP contribution in [0.2, 0.25) is 0 Å². The first-order valence-electron chi connectivity index (χ1n) is 11.0. The lowest BCUT2D eigenvalue weighted by atomic mass is 10.1. The predicted molar refractivity (Wildman–Crippen MR) is 130 cm³/mol. The van der Waals surface area contributed by atoms with Crippen molar-refractivity contribution in [3.8, 4) is 0 Å². The summed E-state index contributed by atoms with van der Waals surface area (Å²) in [5, 5.41) is 2.84. The summed E-state index contributed by atoms with van der Waals surface area (Å²) in [6.45, 7) is 4.24. The van der Waals surface area contributed by atoms with E-state index in [4.69, 9.17) is 10.5 Å². The molecule has 0 aliphatic carbocycles. The van der Waals surface area contributed by atoms with E-state index in [1.807, 2.05) is 61.5 Å². The van der Waals surface area contributed by atoms with Crippen molar-refractivity contribution >= 4 is 29.1 Å². The Hall–Kier alpha value is -4.00. The molecule has 2 amide bonds. The number of carbonyl (C=O) groups is 2. The zero-order valence-corrected chi connectivity index (χ0v) is 18.6. The van der Waals surface area contributed by atoms with Gasteiger partial charge in [0, 0.05) is 36.9 Å². The van der Waals surface area contributed by atoms with Crippen LogP contribution in [0.15, 0.2) is 78.9 Å². The van der Waals surface area contributed by atoms with Crippen LogP contribution in [0.1, 0.15) is 22.8 Å². The number of nitrogens with two attached hydrogens (primary N) is 1. The summed E-state index contributed by atoms with van der Waals surface area (Å²) < 4.78 is 5.49. The zero-order chi connectivity index (χ0) is 23.2. The summed E-state index contributed by atoms with van der Waals surface area (Å²) in [5.74, 6) is -0.209. The van der Waals surface area contributed by atoms with Crippen LogP contribution in [0.5, 0.6) is 0 Å². The summed E-state index contributed by atoms with van der Waals surface area (Å²) >= 11 is 0. The van der Waals surface area contributed by atoms with Crippen LogP contribution in [0.3, 0.4) is 0 Å². The molecular weight excluding hydrogens is 416 g/mol. The number of amides is 2. The predicted octanol–water partition coefficient (Wildman–Crippen LogP) is 4.37. The number of anilines is 3. The van der Waals surface area contributed by atoms with Crippen molar-refractivity contribution in [3.05, 3.63) is 90.0 Å². The molecule has 4 rings (SSSR count). The molecule has 0 saturated carbocycles. The normalized spacial score (nSPS) is 15.7. The Labute approximate surface area is 193 Å². The Morgan fingerprint density at radius 1 is 0.970 bits per heavy atom. The Balaban J connectivity index is 1.32. The third-order valence-electron chi connectivity index (χ3n) is 5.77. The van der Waals surface area contributed by atoms with E-state index in [9.17, 15) is 9.59 Å². The number of nitrogens with zero attached hydrogens (tertiary/aromatic N) is 2. The van der Waals surface area contributed by atoms with Crippen molar-refractivity contribution < 1.29 is 14.3 Å². The van der Waals surface area contributed by atoms with E-state index < -0.39 is 0 Å². The van der Waals surface area contributed by atoms with E-state index in [1.54, 1.807) is 29.2 Å². The molecule has 1 saturated heterocycles. The molecule has 1 fully saturated rings. The number of hydrogen-bond acceptors (Lipinski definition) is 5. The minimum Gasteiger partial charge on any atom is -0.445 e. The van der Waals surface area contributed by atoms with Gasteiger partial charge in [-0.25, -0.2) is 4.79 Å². The first-order valence-corrected chi connectivity index (χ1v) is 11.0. The maximum Gasteiger partial charge on any atom is 0.410 e. The highest BCUT2D eigenvalue weighted by atomic mass is 16.6. The Bertz CT molecular complexity index is 1100. The molecule has 170 valence electrons. The molecule has 7 nitrogen and oxygen atoms in total. The van der Waals surface area contributed by atoms with Crippen LogP contribution in [0.25, 0.3) is 0 Å². The molecule has 33 heavy (non-hydrogen) atoms. The van der Waals surface area contributed by atoms with E-state index in [0.717, 1.165) is 11.3 Å². The Morgan fingerprint density at radius 2 is 1.67 bits per heavy atom. The second-order valence-electron chi connectivity index (χ2n) is 8.12. The Morgan fingerprint density at radius 3 is 2.36 bits per heavy atom. The lowest BCUT2D eigenvalue weighted by molar-refractivity contribution is 0.0795. The largest absolute Gasteiger partial charge is 0.445 e. The van der Waals surface area contributed by atoms with Crippen LogP contribution in [0, 0.1) is 0 Å². The van der Waals surface area contributed by atoms with Gasteiger partial charge in [0.2, 0.25) is 0 Å². The lowest BCUT2D eigenvalue weighted by Crippen LogP contribution is -2.54. The van der Waals surface area contributed by atoms with Crippen LogP contribution >= 0.6 is 0 Å². The number of carbonyl (C=O) groups excluding carboxylic acids is 2. The summed E-state index contributed by atoms with van der Waals surface area (Å²) in [4.78, 5) is 29.1. The minimum absolute atomic E-state index is 0.00561. The SMILES string of the molecule is C[C@@H]1CN(c2ccc(C(=O)Nc3ccccc3N)cc2)CCN1C(=O)OCc1ccccc1. The third-order valence-corrected chi connectivity index (χ3v) is 5.77. The first-order chi connectivity index (χ1) is 16.0. The molecule has 7 heteroatoms. The van der Waals surface area contributed by atoms with Gasteiger partial charge in [-0.2, -0.15) is 0 Å². The molecule has 1 aliphatic rings. The molecule has 3 aromatic carbocycles. The van der Waals surface area contributed by atoms with Crippen LogP contribution in [0.4, 0.5) is 21.9 Å². The van der Waals surface area contributed by atoms with Crippen LogP contribution in [-0.2, 0) is 11.3 Å². The average molecular weight is 445 g/mol. The van der Waals surface area contributed by atoms with Gasteiger partial charge in [0.05, 0.1) is 11.4 Å². The molecule has 1 heterocycles. The highest BCUT2D eigenvalue weighted by molar-refractivity contribution is 6.05. The molecule has 0 radical (unpaired) electrons. The number of ether oxygens (including phenoxy) is 1. The summed E-state index contributed by atoms with van der Waals surface area (Å²) in [7, 11) is 0. The van der Waals surface area contributed by atoms with E-state index in [0.29, 0.717) is 36.6 Å². The molecule has 0 aromatic heterocycles. The average Bonchev–Trinajstić information content (AvgIpc) is 2.84. The van der Waals surface area contributed by atoms with Crippen molar-refractivity contribution in [2.45, 2.75) is 19.6 Å². The maximum absolute atomic E-state index is 12.6. The number of nitrogens with one attached hydrogen (secondary N) is 1. The van der Waals surface area contributed by atoms with E-state index in [2.05, 4.69) is 10.2 Å². The molecule has 0 bridgehead atoms. The van der Waals surface area contributed by atoms with E-state index >= 15 is 0 Å². The second-order valence-corrected chi connectivity index (χ2v) is 8.12. The van der Waals surface area contributed by atoms with Gasteiger partial charge in [-0.15, -0.1) is 0 Å². The summed E-state index contributed by atoms with van der Waals surface area (Å²) in [6.07, 6.45) is -0.293. The van der Waals surface area contributed by atoms with E-state index in [-0.39, 0.29) is 24.6 Å². The number of hydrogen-bond donors (Lipinski definition) is 2. The van der Waals surface area contributed by atoms with Gasteiger partial charge in [0.1, 0.15) is 6.61 Å². The summed E-state index contributed by atoms with van der Waals surface area (Å²) in [5.41, 5.74) is 9.55. The molecule has 1 atom stereocenters. The highest BCUT2D eigenvalue weighted by Gasteiger charge is 2.28. The standard InChI is InChI=1S/C26H28N4O3/c1-19-17-29(15-16-30(19)26(32)33-18-20-7-3-2-4-8-20)22-13-11-21(12-14-22)25(31)28-24-10-6-5-9-23(24)27/h2-14,19H,15-18,27H2,1H3,(H,28,31)/t19-/m1/s1. The molecule has 0 unspecified atom stereocenters. The van der Waals surface area contributed by atoms with Crippen molar-refractivity contribution in [1.82, 2.24) is 4.90 Å². The third kappa shape index (κ3) is 5.44. The highest BCUT2D eigenvalue weighted by Crippen LogP contribution is 2.22. The van der Waals surface area contributed by atoms with Crippen LogP contribution in [-0.4, -0.2) is 42.6 Å². The van der Waals surface area contributed by atoms with Gasteiger partial charge in [-0.3, -0.25) is 4.79 Å². The minimum atomic E-state index is -0.293. The summed E-state index contributed by atoms with van der Waals surface area (Å²) in [6, 6.07) is 24.3. The Kier molecular flexibility index (Phi) is 6.78. The van der Waals surface area contributed by atoms with Gasteiger partial charge in [0.15, 0.2) is 0 Å². The first kappa shape index (κ1) is 22.2. The lowest BCUT2D eigenvalue weighted by Gasteiger charge is -2.40. The fraction of sp³-hybridized carbons (Fsp3) is 0.231. The zero-order valence-electron chi connectivity index (χ0n) is 18.6. The van der Waals surface area contributed by atoms with Crippen molar-refractivity contribution in [3.63, 3.8) is 0 Å². The molecule has 3 N–H and O–H groups in total. The fourth-order valence-corrected chi connectivity index (χ4v) is 3.89. The van der Waals surface area contributed by atoms with Gasteiger partial charge in [-0.1, -0.05) is 42.5 Å². The van der Waals surface area contributed by atoms with Gasteiger partial charge in [0.25, 0.3) is 5.91 Å². The quantitative estimate of drug-likeness (QED) is 0.571. The van der Waals surface area contributed by atoms with Crippen molar-refractivity contribution in [2.24, 2.45) is 0 Å². The van der Waals surface area contributed by atoms with E-state index in [1.165, 1.54) is 0 Å². The monoisotopic (exact) mass is 444 g/mol. The molecule has 0 spiro atoms. The maximum atomic E-state index is 12.6. The molecular formula is C26H28N4O3. The van der Waals surface area contributed by atoms with Crippen molar-refractivity contribution in [1.29, 1.82) is 0 Å². The number of benzene rings is 3. The topological polar surface area (TPSA) is 87.9 Å². The molecule has 1 aliphatic heterocycles. The number of rotatable bonds is 5. The van der Waals surface area contributed by atoms with Crippen LogP contribution < -0.4 is 16.0 Å². The second kappa shape index (κ2) is 10.1.